The van der Waals surface area contributed by atoms with E-state index in [1.54, 1.807) is 10.6 Å². The highest BCUT2D eigenvalue weighted by Crippen LogP contribution is 2.15. The lowest BCUT2D eigenvalue weighted by Gasteiger charge is -2.08. The van der Waals surface area contributed by atoms with Crippen LogP contribution < -0.4 is 10.6 Å². The molecule has 0 amide bonds. The molecule has 2 aromatic rings. The average molecular weight is 290 g/mol. The number of benzene rings is 1. The van der Waals surface area contributed by atoms with E-state index in [1.807, 2.05) is 13.8 Å². The van der Waals surface area contributed by atoms with Gasteiger partial charge in [-0.1, -0.05) is 29.2 Å². The molecule has 2 N–H and O–H groups in total. The van der Waals surface area contributed by atoms with Crippen molar-refractivity contribution in [3.05, 3.63) is 55.4 Å². The molecule has 0 aliphatic carbocycles. The van der Waals surface area contributed by atoms with Crippen molar-refractivity contribution in [1.29, 1.82) is 0 Å². The lowest BCUT2D eigenvalue weighted by Crippen LogP contribution is -2.16. The van der Waals surface area contributed by atoms with Gasteiger partial charge < -0.3 is 5.73 Å². The van der Waals surface area contributed by atoms with Gasteiger partial charge in [0.2, 0.25) is 0 Å². The molecule has 5 heteroatoms. The number of aromatic nitrogens is 1. The summed E-state index contributed by atoms with van der Waals surface area (Å²) >= 11 is 1.22. The van der Waals surface area contributed by atoms with Gasteiger partial charge in [0.25, 0.3) is 0 Å². The second-order valence-electron chi connectivity index (χ2n) is 4.40. The highest BCUT2D eigenvalue weighted by atomic mass is 32.1. The molecule has 0 unspecified atom stereocenters. The normalized spacial score (nSPS) is 10.2. The number of aryl methyl sites for hydroxylation is 1. The molecule has 0 aliphatic heterocycles. The third kappa shape index (κ3) is 2.98. The van der Waals surface area contributed by atoms with Crippen LogP contribution in [0.3, 0.4) is 0 Å². The number of nitrogens with zero attached hydrogens (tertiary/aromatic N) is 1. The Balaban J connectivity index is 2.45. The molecule has 0 bridgehead atoms. The van der Waals surface area contributed by atoms with Gasteiger partial charge in [-0.3, -0.25) is 9.36 Å². The number of halogens is 1. The number of rotatable bonds is 2. The third-order valence-electron chi connectivity index (χ3n) is 3.10. The summed E-state index contributed by atoms with van der Waals surface area (Å²) in [5, 5.41) is 0. The summed E-state index contributed by atoms with van der Waals surface area (Å²) in [4.78, 5) is 12.9. The van der Waals surface area contributed by atoms with Crippen LogP contribution in [0.2, 0.25) is 0 Å². The standard InChI is InChI=1S/C15H15FN2OS/c1-10-11(2)20-15(19)18(10)9-13-5-6-14(16)8-12(13)4-3-7-17/h5-6,8H,7,9,17H2,1-2H3. The van der Waals surface area contributed by atoms with Gasteiger partial charge >= 0.3 is 4.87 Å². The molecular formula is C15H15FN2OS. The van der Waals surface area contributed by atoms with Crippen LogP contribution in [0.15, 0.2) is 23.0 Å². The van der Waals surface area contributed by atoms with Crippen molar-refractivity contribution >= 4 is 11.3 Å². The highest BCUT2D eigenvalue weighted by molar-refractivity contribution is 7.09. The van der Waals surface area contributed by atoms with Crippen LogP contribution in [0.4, 0.5) is 4.39 Å². The average Bonchev–Trinajstić information content (AvgIpc) is 2.65. The summed E-state index contributed by atoms with van der Waals surface area (Å²) in [5.41, 5.74) is 7.67. The van der Waals surface area contributed by atoms with E-state index >= 15 is 0 Å². The molecule has 0 spiro atoms. The molecule has 20 heavy (non-hydrogen) atoms. The topological polar surface area (TPSA) is 48.0 Å². The predicted molar refractivity (Wildman–Crippen MR) is 79.5 cm³/mol. The quantitative estimate of drug-likeness (QED) is 0.860. The summed E-state index contributed by atoms with van der Waals surface area (Å²) < 4.78 is 15.0. The van der Waals surface area contributed by atoms with E-state index in [9.17, 15) is 9.18 Å². The molecule has 0 fully saturated rings. The van der Waals surface area contributed by atoms with Gasteiger partial charge in [-0.05, 0) is 31.5 Å². The van der Waals surface area contributed by atoms with Gasteiger partial charge in [-0.25, -0.2) is 4.39 Å². The smallest absolute Gasteiger partial charge is 0.307 e. The Hall–Kier alpha value is -1.90. The lowest BCUT2D eigenvalue weighted by atomic mass is 10.1. The van der Waals surface area contributed by atoms with E-state index in [4.69, 9.17) is 5.73 Å². The summed E-state index contributed by atoms with van der Waals surface area (Å²) in [6.45, 7) is 4.43. The van der Waals surface area contributed by atoms with Crippen LogP contribution in [0.1, 0.15) is 21.7 Å². The monoisotopic (exact) mass is 290 g/mol. The minimum Gasteiger partial charge on any atom is -0.320 e. The van der Waals surface area contributed by atoms with Crippen molar-refractivity contribution in [1.82, 2.24) is 4.57 Å². The van der Waals surface area contributed by atoms with Crippen LogP contribution in [-0.4, -0.2) is 11.1 Å². The van der Waals surface area contributed by atoms with E-state index in [0.29, 0.717) is 12.1 Å². The Kier molecular flexibility index (Phi) is 4.38. The minimum absolute atomic E-state index is 0.0120. The number of thiazole rings is 1. The Morgan fingerprint density at radius 3 is 2.75 bits per heavy atom. The second kappa shape index (κ2) is 6.04. The highest BCUT2D eigenvalue weighted by Gasteiger charge is 2.10. The van der Waals surface area contributed by atoms with Crippen LogP contribution in [0, 0.1) is 31.5 Å². The molecule has 104 valence electrons. The number of hydrogen-bond donors (Lipinski definition) is 1. The first-order chi connectivity index (χ1) is 9.52. The van der Waals surface area contributed by atoms with Gasteiger partial charge in [-0.15, -0.1) is 0 Å². The van der Waals surface area contributed by atoms with E-state index in [1.165, 1.54) is 23.5 Å². The third-order valence-corrected chi connectivity index (χ3v) is 4.10. The first kappa shape index (κ1) is 14.5. The van der Waals surface area contributed by atoms with Crippen molar-refractivity contribution in [2.45, 2.75) is 20.4 Å². The van der Waals surface area contributed by atoms with E-state index < -0.39 is 0 Å². The first-order valence-electron chi connectivity index (χ1n) is 6.17. The SMILES string of the molecule is Cc1sc(=O)n(Cc2ccc(F)cc2C#CCN)c1C. The Morgan fingerprint density at radius 2 is 2.15 bits per heavy atom. The van der Waals surface area contributed by atoms with Gasteiger partial charge in [0.1, 0.15) is 5.82 Å². The van der Waals surface area contributed by atoms with Gasteiger partial charge in [0, 0.05) is 16.1 Å². The van der Waals surface area contributed by atoms with E-state index in [0.717, 1.165) is 16.1 Å². The lowest BCUT2D eigenvalue weighted by molar-refractivity contribution is 0.625. The van der Waals surface area contributed by atoms with Crippen molar-refractivity contribution in [3.8, 4) is 11.8 Å². The van der Waals surface area contributed by atoms with Crippen molar-refractivity contribution in [2.75, 3.05) is 6.54 Å². The van der Waals surface area contributed by atoms with Gasteiger partial charge in [0.15, 0.2) is 0 Å². The van der Waals surface area contributed by atoms with Crippen molar-refractivity contribution in [3.63, 3.8) is 0 Å². The fourth-order valence-corrected chi connectivity index (χ4v) is 2.72. The molecule has 1 aromatic heterocycles. The maximum Gasteiger partial charge on any atom is 0.307 e. The molecule has 0 aliphatic rings. The molecule has 0 radical (unpaired) electrons. The zero-order chi connectivity index (χ0) is 14.7. The number of hydrogen-bond acceptors (Lipinski definition) is 3. The fraction of sp³-hybridized carbons (Fsp3) is 0.267. The van der Waals surface area contributed by atoms with Crippen molar-refractivity contribution in [2.24, 2.45) is 5.73 Å². The van der Waals surface area contributed by atoms with Crippen LogP contribution in [0.25, 0.3) is 0 Å². The first-order valence-corrected chi connectivity index (χ1v) is 6.98. The van der Waals surface area contributed by atoms with Crippen LogP contribution in [0.5, 0.6) is 0 Å². The van der Waals surface area contributed by atoms with E-state index in [2.05, 4.69) is 11.8 Å². The molecule has 0 saturated carbocycles. The maximum atomic E-state index is 13.3. The Labute approximate surface area is 120 Å². The maximum absolute atomic E-state index is 13.3. The molecule has 0 saturated heterocycles. The molecule has 3 nitrogen and oxygen atoms in total. The summed E-state index contributed by atoms with van der Waals surface area (Å²) in [6, 6.07) is 4.41. The summed E-state index contributed by atoms with van der Waals surface area (Å²) in [7, 11) is 0. The number of nitrogens with two attached hydrogens (primary N) is 1. The van der Waals surface area contributed by atoms with Gasteiger partial charge in [0.05, 0.1) is 13.1 Å². The Bertz CT molecular complexity index is 749. The zero-order valence-corrected chi connectivity index (χ0v) is 12.2. The van der Waals surface area contributed by atoms with Gasteiger partial charge in [-0.2, -0.15) is 0 Å². The molecule has 1 aromatic carbocycles. The molecule has 1 heterocycles. The minimum atomic E-state index is -0.347. The zero-order valence-electron chi connectivity index (χ0n) is 11.4. The summed E-state index contributed by atoms with van der Waals surface area (Å²) in [5.74, 6) is 5.22. The van der Waals surface area contributed by atoms with E-state index in [-0.39, 0.29) is 17.2 Å². The second-order valence-corrected chi connectivity index (χ2v) is 5.57. The fourth-order valence-electron chi connectivity index (χ4n) is 1.89. The predicted octanol–water partition coefficient (Wildman–Crippen LogP) is 2.02. The largest absolute Gasteiger partial charge is 0.320 e. The summed E-state index contributed by atoms with van der Waals surface area (Å²) in [6.07, 6.45) is 0. The Morgan fingerprint density at radius 1 is 1.40 bits per heavy atom. The molecular weight excluding hydrogens is 275 g/mol. The van der Waals surface area contributed by atoms with Crippen LogP contribution in [-0.2, 0) is 6.54 Å². The van der Waals surface area contributed by atoms with Crippen LogP contribution >= 0.6 is 11.3 Å². The molecule has 0 atom stereocenters. The van der Waals surface area contributed by atoms with Crippen molar-refractivity contribution < 1.29 is 4.39 Å². The molecule has 2 rings (SSSR count).